The van der Waals surface area contributed by atoms with Gasteiger partial charge in [0.1, 0.15) is 11.5 Å². The highest BCUT2D eigenvalue weighted by molar-refractivity contribution is 5.76. The summed E-state index contributed by atoms with van der Waals surface area (Å²) in [5.74, 6) is 1.28. The van der Waals surface area contributed by atoms with Crippen molar-refractivity contribution in [3.63, 3.8) is 0 Å². The normalized spacial score (nSPS) is 10.4. The molecule has 0 atom stereocenters. The Bertz CT molecular complexity index is 639. The Hall–Kier alpha value is -2.23. The van der Waals surface area contributed by atoms with Crippen molar-refractivity contribution in [2.45, 2.75) is 26.3 Å². The van der Waals surface area contributed by atoms with Crippen LogP contribution in [0, 0.1) is 0 Å². The average molecular weight is 287 g/mol. The number of ether oxygens (including phenoxy) is 2. The van der Waals surface area contributed by atoms with Crippen LogP contribution in [0.25, 0.3) is 11.1 Å². The van der Waals surface area contributed by atoms with E-state index in [9.17, 15) is 4.79 Å². The molecule has 4 nitrogen and oxygen atoms in total. The van der Waals surface area contributed by atoms with E-state index in [1.807, 2.05) is 35.2 Å². The van der Waals surface area contributed by atoms with Crippen LogP contribution in [0.2, 0.25) is 0 Å². The van der Waals surface area contributed by atoms with Gasteiger partial charge in [-0.25, -0.2) is 0 Å². The minimum absolute atomic E-state index is 0.0365. The molecule has 0 N–H and O–H groups in total. The van der Waals surface area contributed by atoms with Gasteiger partial charge in [0.25, 0.3) is 0 Å². The number of hydrogen-bond acceptors (Lipinski definition) is 3. The number of benzene rings is 1. The fourth-order valence-corrected chi connectivity index (χ4v) is 2.31. The zero-order valence-corrected chi connectivity index (χ0v) is 12.8. The van der Waals surface area contributed by atoms with Crippen LogP contribution in [-0.2, 0) is 6.54 Å². The van der Waals surface area contributed by atoms with Crippen molar-refractivity contribution in [2.24, 2.45) is 0 Å². The molecular formula is C17H21NO3. The highest BCUT2D eigenvalue weighted by Gasteiger charge is 2.15. The molecular weight excluding hydrogens is 266 g/mol. The van der Waals surface area contributed by atoms with Gasteiger partial charge in [-0.1, -0.05) is 19.4 Å². The molecule has 2 rings (SSSR count). The van der Waals surface area contributed by atoms with Gasteiger partial charge in [-0.3, -0.25) is 4.79 Å². The van der Waals surface area contributed by atoms with Crippen LogP contribution in [0.1, 0.15) is 19.8 Å². The second-order valence-corrected chi connectivity index (χ2v) is 4.85. The molecule has 21 heavy (non-hydrogen) atoms. The number of hydrogen-bond donors (Lipinski definition) is 0. The zero-order valence-electron chi connectivity index (χ0n) is 12.8. The first-order chi connectivity index (χ1) is 10.2. The van der Waals surface area contributed by atoms with Crippen LogP contribution in [-0.4, -0.2) is 18.8 Å². The Morgan fingerprint density at radius 1 is 1.10 bits per heavy atom. The summed E-state index contributed by atoms with van der Waals surface area (Å²) < 4.78 is 12.8. The standard InChI is InChI=1S/C17H21NO3/c1-4-5-10-18-11-9-14(19)13(12-18)17-15(20-2)7-6-8-16(17)21-3/h6-9,11-12H,4-5,10H2,1-3H3. The van der Waals surface area contributed by atoms with Gasteiger partial charge in [-0.15, -0.1) is 0 Å². The lowest BCUT2D eigenvalue weighted by molar-refractivity contribution is 0.397. The van der Waals surface area contributed by atoms with E-state index in [0.29, 0.717) is 22.6 Å². The van der Waals surface area contributed by atoms with Gasteiger partial charge in [0.05, 0.1) is 25.3 Å². The molecule has 1 heterocycles. The number of nitrogens with zero attached hydrogens (tertiary/aromatic N) is 1. The van der Waals surface area contributed by atoms with Crippen LogP contribution in [0.3, 0.4) is 0 Å². The maximum atomic E-state index is 12.3. The summed E-state index contributed by atoms with van der Waals surface area (Å²) in [7, 11) is 3.19. The van der Waals surface area contributed by atoms with Gasteiger partial charge < -0.3 is 14.0 Å². The number of pyridine rings is 1. The molecule has 0 aliphatic rings. The van der Waals surface area contributed by atoms with Gasteiger partial charge >= 0.3 is 0 Å². The summed E-state index contributed by atoms with van der Waals surface area (Å²) in [5.41, 5.74) is 1.27. The van der Waals surface area contributed by atoms with Crippen molar-refractivity contribution in [1.29, 1.82) is 0 Å². The molecule has 0 saturated heterocycles. The molecule has 112 valence electrons. The van der Waals surface area contributed by atoms with Crippen molar-refractivity contribution in [3.8, 4) is 22.6 Å². The Kier molecular flexibility index (Phi) is 5.04. The minimum atomic E-state index is -0.0365. The van der Waals surface area contributed by atoms with E-state index in [2.05, 4.69) is 6.92 Å². The van der Waals surface area contributed by atoms with E-state index >= 15 is 0 Å². The first-order valence-electron chi connectivity index (χ1n) is 7.12. The lowest BCUT2D eigenvalue weighted by Crippen LogP contribution is -2.10. The SMILES string of the molecule is CCCCn1ccc(=O)c(-c2c(OC)cccc2OC)c1. The van der Waals surface area contributed by atoms with Gasteiger partial charge in [-0.2, -0.15) is 0 Å². The third kappa shape index (κ3) is 3.27. The van der Waals surface area contributed by atoms with E-state index in [1.165, 1.54) is 0 Å². The van der Waals surface area contributed by atoms with E-state index in [0.717, 1.165) is 19.4 Å². The lowest BCUT2D eigenvalue weighted by atomic mass is 10.0. The summed E-state index contributed by atoms with van der Waals surface area (Å²) in [6.45, 7) is 3.04. The van der Waals surface area contributed by atoms with Crippen molar-refractivity contribution in [3.05, 3.63) is 46.9 Å². The van der Waals surface area contributed by atoms with Crippen LogP contribution in [0.5, 0.6) is 11.5 Å². The van der Waals surface area contributed by atoms with Crippen molar-refractivity contribution < 1.29 is 9.47 Å². The van der Waals surface area contributed by atoms with Gasteiger partial charge in [0.15, 0.2) is 5.43 Å². The van der Waals surface area contributed by atoms with Crippen LogP contribution in [0.15, 0.2) is 41.5 Å². The molecule has 0 aliphatic carbocycles. The fraction of sp³-hybridized carbons (Fsp3) is 0.353. The Morgan fingerprint density at radius 3 is 2.33 bits per heavy atom. The fourth-order valence-electron chi connectivity index (χ4n) is 2.31. The van der Waals surface area contributed by atoms with Crippen LogP contribution < -0.4 is 14.9 Å². The summed E-state index contributed by atoms with van der Waals surface area (Å²) >= 11 is 0. The molecule has 0 aliphatic heterocycles. The summed E-state index contributed by atoms with van der Waals surface area (Å²) in [6.07, 6.45) is 5.88. The number of unbranched alkanes of at least 4 members (excludes halogenated alkanes) is 1. The lowest BCUT2D eigenvalue weighted by Gasteiger charge is -2.14. The third-order valence-electron chi connectivity index (χ3n) is 3.44. The highest BCUT2D eigenvalue weighted by Crippen LogP contribution is 2.36. The van der Waals surface area contributed by atoms with E-state index in [1.54, 1.807) is 20.3 Å². The molecule has 0 saturated carbocycles. The molecule has 1 aromatic carbocycles. The molecule has 0 bridgehead atoms. The second-order valence-electron chi connectivity index (χ2n) is 4.85. The van der Waals surface area contributed by atoms with E-state index < -0.39 is 0 Å². The summed E-state index contributed by atoms with van der Waals surface area (Å²) in [6, 6.07) is 7.11. The monoisotopic (exact) mass is 287 g/mol. The average Bonchev–Trinajstić information content (AvgIpc) is 2.53. The number of rotatable bonds is 6. The number of aromatic nitrogens is 1. The van der Waals surface area contributed by atoms with Crippen molar-refractivity contribution >= 4 is 0 Å². The molecule has 0 radical (unpaired) electrons. The number of aryl methyl sites for hydroxylation is 1. The molecule has 2 aromatic rings. The van der Waals surface area contributed by atoms with Crippen LogP contribution >= 0.6 is 0 Å². The number of methoxy groups -OCH3 is 2. The molecule has 0 unspecified atom stereocenters. The molecule has 4 heteroatoms. The first kappa shape index (κ1) is 15.2. The Balaban J connectivity index is 2.57. The Morgan fingerprint density at radius 2 is 1.76 bits per heavy atom. The highest BCUT2D eigenvalue weighted by atomic mass is 16.5. The third-order valence-corrected chi connectivity index (χ3v) is 3.44. The zero-order chi connectivity index (χ0) is 15.2. The minimum Gasteiger partial charge on any atom is -0.496 e. The first-order valence-corrected chi connectivity index (χ1v) is 7.12. The Labute approximate surface area is 124 Å². The molecule has 0 fully saturated rings. The largest absolute Gasteiger partial charge is 0.496 e. The predicted octanol–water partition coefficient (Wildman–Crippen LogP) is 3.33. The smallest absolute Gasteiger partial charge is 0.189 e. The van der Waals surface area contributed by atoms with Crippen molar-refractivity contribution in [2.75, 3.05) is 14.2 Å². The maximum Gasteiger partial charge on any atom is 0.189 e. The summed E-state index contributed by atoms with van der Waals surface area (Å²) in [4.78, 5) is 12.3. The molecule has 1 aromatic heterocycles. The van der Waals surface area contributed by atoms with Crippen LogP contribution in [0.4, 0.5) is 0 Å². The van der Waals surface area contributed by atoms with Gasteiger partial charge in [0, 0.05) is 25.0 Å². The second kappa shape index (κ2) is 6.97. The predicted molar refractivity (Wildman–Crippen MR) is 84.2 cm³/mol. The van der Waals surface area contributed by atoms with Gasteiger partial charge in [-0.05, 0) is 18.6 Å². The maximum absolute atomic E-state index is 12.3. The summed E-state index contributed by atoms with van der Waals surface area (Å²) in [5, 5.41) is 0. The van der Waals surface area contributed by atoms with E-state index in [4.69, 9.17) is 9.47 Å². The van der Waals surface area contributed by atoms with Crippen molar-refractivity contribution in [1.82, 2.24) is 4.57 Å². The molecule has 0 spiro atoms. The quantitative estimate of drug-likeness (QED) is 0.818. The topological polar surface area (TPSA) is 40.5 Å². The van der Waals surface area contributed by atoms with Gasteiger partial charge in [0.2, 0.25) is 0 Å². The molecule has 0 amide bonds. The van der Waals surface area contributed by atoms with E-state index in [-0.39, 0.29) is 5.43 Å².